The fourth-order valence-electron chi connectivity index (χ4n) is 2.02. The number of nitrogens with two attached hydrogens (primary N) is 2. The van der Waals surface area contributed by atoms with E-state index in [0.29, 0.717) is 0 Å². The first-order valence-corrected chi connectivity index (χ1v) is 7.38. The number of anilines is 1. The number of carbonyl (C=O) groups excluding carboxylic acids is 1. The van der Waals surface area contributed by atoms with Crippen LogP contribution in [-0.2, 0) is 13.8 Å². The number of phosphoric acid groups is 1. The topological polar surface area (TPSA) is 209 Å². The minimum Gasteiger partial charge on any atom is -0.790 e. The van der Waals surface area contributed by atoms with E-state index in [4.69, 9.17) is 16.2 Å². The van der Waals surface area contributed by atoms with Gasteiger partial charge in [0, 0.05) is 0 Å². The maximum Gasteiger partial charge on any atom is 1.00 e. The molecular weight excluding hydrogens is 369 g/mol. The number of carbonyl (C=O) groups is 1. The Labute approximate surface area is 180 Å². The molecule has 4 atom stereocenters. The molecule has 15 heteroatoms. The molecule has 0 aromatic carbocycles. The first kappa shape index (κ1) is 24.5. The molecule has 0 aliphatic carbocycles. The third kappa shape index (κ3) is 5.48. The molecule has 1 aliphatic rings. The molecule has 0 unspecified atom stereocenters. The summed E-state index contributed by atoms with van der Waals surface area (Å²) in [4.78, 5) is 35.6. The van der Waals surface area contributed by atoms with E-state index in [1.54, 1.807) is 0 Å². The number of rotatable bonds is 5. The maximum atomic E-state index is 11.1. The van der Waals surface area contributed by atoms with Crippen LogP contribution in [0.5, 0.6) is 0 Å². The van der Waals surface area contributed by atoms with Crippen LogP contribution in [0.15, 0.2) is 6.33 Å². The average molecular weight is 382 g/mol. The predicted octanol–water partition coefficient (Wildman–Crippen LogP) is -9.96. The van der Waals surface area contributed by atoms with Crippen molar-refractivity contribution in [2.45, 2.75) is 24.5 Å². The Morgan fingerprint density at radius 1 is 1.42 bits per heavy atom. The van der Waals surface area contributed by atoms with Gasteiger partial charge in [-0.15, -0.1) is 0 Å². The first-order chi connectivity index (χ1) is 10.1. The predicted molar refractivity (Wildman–Crippen MR) is 64.6 cm³/mol. The van der Waals surface area contributed by atoms with Crippen molar-refractivity contribution in [1.82, 2.24) is 9.55 Å². The number of aliphatic hydroxyl groups excluding tert-OH is 2. The van der Waals surface area contributed by atoms with Gasteiger partial charge < -0.3 is 45.3 Å². The molecule has 1 saturated heterocycles. The minimum absolute atomic E-state index is 0. The van der Waals surface area contributed by atoms with Crippen LogP contribution in [0.1, 0.15) is 16.7 Å². The van der Waals surface area contributed by atoms with E-state index >= 15 is 0 Å². The summed E-state index contributed by atoms with van der Waals surface area (Å²) < 4.78 is 20.7. The van der Waals surface area contributed by atoms with Crippen LogP contribution in [0.2, 0.25) is 0 Å². The third-order valence-corrected chi connectivity index (χ3v) is 3.54. The summed E-state index contributed by atoms with van der Waals surface area (Å²) in [6.07, 6.45) is -4.57. The van der Waals surface area contributed by atoms with Gasteiger partial charge in [0.15, 0.2) is 11.9 Å². The number of ether oxygens (including phenoxy) is 1. The number of aromatic nitrogens is 2. The average Bonchev–Trinajstić information content (AvgIpc) is 2.90. The Morgan fingerprint density at radius 2 is 2.00 bits per heavy atom. The van der Waals surface area contributed by atoms with Crippen LogP contribution in [0.3, 0.4) is 0 Å². The largest absolute Gasteiger partial charge is 1.00 e. The quantitative estimate of drug-likeness (QED) is 0.279. The summed E-state index contributed by atoms with van der Waals surface area (Å²) in [5.74, 6) is -1.11. The van der Waals surface area contributed by atoms with Crippen molar-refractivity contribution in [2.75, 3.05) is 12.3 Å². The molecule has 0 bridgehead atoms. The number of imidazole rings is 1. The number of primary amides is 1. The van der Waals surface area contributed by atoms with Gasteiger partial charge in [0.25, 0.3) is 5.91 Å². The van der Waals surface area contributed by atoms with Crippen molar-refractivity contribution in [3.05, 3.63) is 12.0 Å². The molecule has 2 heterocycles. The zero-order chi connectivity index (χ0) is 16.7. The molecule has 12 nitrogen and oxygen atoms in total. The van der Waals surface area contributed by atoms with Gasteiger partial charge >= 0.3 is 59.1 Å². The van der Waals surface area contributed by atoms with E-state index in [2.05, 4.69) is 9.51 Å². The van der Waals surface area contributed by atoms with Crippen LogP contribution in [0.4, 0.5) is 5.82 Å². The second-order valence-corrected chi connectivity index (χ2v) is 5.69. The number of hydrogen-bond donors (Lipinski definition) is 4. The van der Waals surface area contributed by atoms with E-state index in [1.165, 1.54) is 0 Å². The van der Waals surface area contributed by atoms with Crippen molar-refractivity contribution in [3.63, 3.8) is 0 Å². The van der Waals surface area contributed by atoms with Crippen molar-refractivity contribution in [3.8, 4) is 0 Å². The fraction of sp³-hybridized carbons (Fsp3) is 0.556. The molecule has 0 saturated carbocycles. The number of amides is 1. The van der Waals surface area contributed by atoms with Crippen LogP contribution in [-0.4, -0.2) is 50.6 Å². The van der Waals surface area contributed by atoms with E-state index in [0.717, 1.165) is 10.9 Å². The SMILES string of the molecule is NC(=O)c1ncn([C@@H]2O[C@H](COP(=O)([O-])[O-])[C@@H](O)[C@H]2O)c1N.[Na+].[Na+]. The molecule has 1 aromatic heterocycles. The zero-order valence-electron chi connectivity index (χ0n) is 12.9. The van der Waals surface area contributed by atoms with Gasteiger partial charge in [0.1, 0.15) is 24.1 Å². The summed E-state index contributed by atoms with van der Waals surface area (Å²) >= 11 is 0. The second kappa shape index (κ2) is 9.42. The maximum absolute atomic E-state index is 11.1. The number of nitrogens with zero attached hydrogens (tertiary/aromatic N) is 2. The summed E-state index contributed by atoms with van der Waals surface area (Å²) in [6, 6.07) is 0. The molecule has 1 amide bonds. The van der Waals surface area contributed by atoms with E-state index in [1.807, 2.05) is 0 Å². The van der Waals surface area contributed by atoms with E-state index in [9.17, 15) is 29.4 Å². The van der Waals surface area contributed by atoms with Gasteiger partial charge in [-0.25, -0.2) is 4.98 Å². The molecule has 2 rings (SSSR count). The number of phosphoric ester groups is 1. The number of aliphatic hydroxyl groups is 2. The van der Waals surface area contributed by atoms with Crippen LogP contribution < -0.4 is 80.4 Å². The molecule has 124 valence electrons. The van der Waals surface area contributed by atoms with E-state index < -0.39 is 44.9 Å². The molecule has 6 N–H and O–H groups in total. The smallest absolute Gasteiger partial charge is 0.790 e. The molecule has 1 aliphatic heterocycles. The Balaban J connectivity index is 0.00000264. The monoisotopic (exact) mass is 382 g/mol. The van der Waals surface area contributed by atoms with E-state index in [-0.39, 0.29) is 70.6 Å². The van der Waals surface area contributed by atoms with Crippen molar-refractivity contribution >= 4 is 19.5 Å². The standard InChI is InChI=1S/C9H15N4O8P.2Na/c10-7-4(8(11)16)12-2-13(7)9-6(15)5(14)3(21-9)1-20-22(17,18)19;;/h2-3,5-6,9,14-15H,1,10H2,(H2,11,16)(H2,17,18,19);;/q;2*+1/p-2/t3-,5-,6-,9-;;/m1../s1. The van der Waals surface area contributed by atoms with Gasteiger partial charge in [-0.1, -0.05) is 0 Å². The van der Waals surface area contributed by atoms with Gasteiger partial charge in [-0.3, -0.25) is 9.36 Å². The van der Waals surface area contributed by atoms with Gasteiger partial charge in [0.2, 0.25) is 0 Å². The summed E-state index contributed by atoms with van der Waals surface area (Å²) in [5, 5.41) is 19.7. The fourth-order valence-corrected chi connectivity index (χ4v) is 2.35. The number of hydrogen-bond acceptors (Lipinski definition) is 10. The summed E-state index contributed by atoms with van der Waals surface area (Å²) in [6.45, 7) is -0.781. The molecule has 1 fully saturated rings. The molecule has 1 aromatic rings. The molecular formula is C9H13N4Na2O8P. The molecule has 0 radical (unpaired) electrons. The van der Waals surface area contributed by atoms with Crippen LogP contribution in [0.25, 0.3) is 0 Å². The first-order valence-electron chi connectivity index (χ1n) is 5.92. The van der Waals surface area contributed by atoms with Gasteiger partial charge in [0.05, 0.1) is 20.8 Å². The van der Waals surface area contributed by atoms with Crippen molar-refractivity contribution in [2.24, 2.45) is 5.73 Å². The second-order valence-electron chi connectivity index (χ2n) is 4.54. The third-order valence-electron chi connectivity index (χ3n) is 3.07. The molecule has 24 heavy (non-hydrogen) atoms. The minimum atomic E-state index is -5.25. The Hall–Kier alpha value is 0.470. The Kier molecular flexibility index (Phi) is 9.60. The zero-order valence-corrected chi connectivity index (χ0v) is 17.8. The van der Waals surface area contributed by atoms with Crippen LogP contribution >= 0.6 is 7.82 Å². The van der Waals surface area contributed by atoms with Gasteiger partial charge in [-0.2, -0.15) is 0 Å². The summed E-state index contributed by atoms with van der Waals surface area (Å²) in [7, 11) is -5.25. The Morgan fingerprint density at radius 3 is 2.46 bits per heavy atom. The van der Waals surface area contributed by atoms with Crippen molar-refractivity contribution in [1.29, 1.82) is 0 Å². The van der Waals surface area contributed by atoms with Gasteiger partial charge in [-0.05, 0) is 0 Å². The summed E-state index contributed by atoms with van der Waals surface area (Å²) in [5.41, 5.74) is 10.4. The molecule has 0 spiro atoms. The Bertz CT molecular complexity index is 625. The van der Waals surface area contributed by atoms with Crippen molar-refractivity contribution < 1.29 is 97.7 Å². The van der Waals surface area contributed by atoms with Crippen LogP contribution in [0, 0.1) is 0 Å². The number of nitrogen functional groups attached to an aromatic ring is 1. The normalized spacial score (nSPS) is 26.5.